The van der Waals surface area contributed by atoms with Crippen molar-refractivity contribution in [1.29, 1.82) is 0 Å². The zero-order valence-corrected chi connectivity index (χ0v) is 17.9. The van der Waals surface area contributed by atoms with Gasteiger partial charge in [0.2, 0.25) is 0 Å². The number of aromatic nitrogens is 2. The molecule has 31 heavy (non-hydrogen) atoms. The van der Waals surface area contributed by atoms with Gasteiger partial charge in [-0.2, -0.15) is 13.2 Å². The van der Waals surface area contributed by atoms with Crippen molar-refractivity contribution in [3.63, 3.8) is 0 Å². The van der Waals surface area contributed by atoms with Gasteiger partial charge in [0.05, 0.1) is 11.3 Å². The SMILES string of the molecule is CCCN(CC)CC(Cc1cccnc1-c1cccc(C(F)(F)F)c1)c1ccccn1. The molecule has 0 amide bonds. The summed E-state index contributed by atoms with van der Waals surface area (Å²) < 4.78 is 39.7. The van der Waals surface area contributed by atoms with Crippen LogP contribution in [0.4, 0.5) is 13.2 Å². The predicted molar refractivity (Wildman–Crippen MR) is 118 cm³/mol. The van der Waals surface area contributed by atoms with E-state index < -0.39 is 11.7 Å². The van der Waals surface area contributed by atoms with Gasteiger partial charge in [-0.05, 0) is 61.8 Å². The highest BCUT2D eigenvalue weighted by molar-refractivity contribution is 5.64. The van der Waals surface area contributed by atoms with Gasteiger partial charge in [-0.3, -0.25) is 9.97 Å². The van der Waals surface area contributed by atoms with E-state index in [0.717, 1.165) is 43.4 Å². The molecule has 0 N–H and O–H groups in total. The van der Waals surface area contributed by atoms with E-state index in [-0.39, 0.29) is 5.92 Å². The van der Waals surface area contributed by atoms with E-state index in [9.17, 15) is 13.2 Å². The summed E-state index contributed by atoms with van der Waals surface area (Å²) in [7, 11) is 0. The van der Waals surface area contributed by atoms with Gasteiger partial charge in [0.25, 0.3) is 0 Å². The molecule has 3 aromatic rings. The van der Waals surface area contributed by atoms with E-state index in [0.29, 0.717) is 17.7 Å². The van der Waals surface area contributed by atoms with E-state index in [1.54, 1.807) is 18.5 Å². The van der Waals surface area contributed by atoms with Gasteiger partial charge in [-0.25, -0.2) is 0 Å². The quantitative estimate of drug-likeness (QED) is 0.406. The van der Waals surface area contributed by atoms with Crippen LogP contribution in [0.2, 0.25) is 0 Å². The van der Waals surface area contributed by atoms with E-state index in [1.165, 1.54) is 12.1 Å². The van der Waals surface area contributed by atoms with Crippen molar-refractivity contribution < 1.29 is 13.2 Å². The summed E-state index contributed by atoms with van der Waals surface area (Å²) in [5, 5.41) is 0. The van der Waals surface area contributed by atoms with Crippen molar-refractivity contribution in [2.45, 2.75) is 38.8 Å². The largest absolute Gasteiger partial charge is 0.416 e. The average molecular weight is 428 g/mol. The molecule has 164 valence electrons. The number of alkyl halides is 3. The number of hydrogen-bond acceptors (Lipinski definition) is 3. The standard InChI is InChI=1S/C25H28F3N3/c1-3-15-31(4-2)18-21(23-12-5-6-13-29-23)16-19-10-8-14-30-24(19)20-9-7-11-22(17-20)25(26,27)28/h5-14,17,21H,3-4,15-16,18H2,1-2H3. The second-order valence-electron chi connectivity index (χ2n) is 7.64. The number of nitrogens with zero attached hydrogens (tertiary/aromatic N) is 3. The third-order valence-corrected chi connectivity index (χ3v) is 5.39. The molecule has 1 atom stereocenters. The van der Waals surface area contributed by atoms with Crippen LogP contribution >= 0.6 is 0 Å². The zero-order chi connectivity index (χ0) is 22.3. The zero-order valence-electron chi connectivity index (χ0n) is 17.9. The highest BCUT2D eigenvalue weighted by Gasteiger charge is 2.30. The molecule has 0 bridgehead atoms. The Morgan fingerprint density at radius 3 is 2.42 bits per heavy atom. The molecular formula is C25H28F3N3. The molecule has 1 unspecified atom stereocenters. The molecule has 3 rings (SSSR count). The van der Waals surface area contributed by atoms with Crippen molar-refractivity contribution >= 4 is 0 Å². The maximum Gasteiger partial charge on any atom is 0.416 e. The fourth-order valence-electron chi connectivity index (χ4n) is 3.86. The van der Waals surface area contributed by atoms with Gasteiger partial charge < -0.3 is 4.90 Å². The number of likely N-dealkylation sites (N-methyl/N-ethyl adjacent to an activating group) is 1. The Balaban J connectivity index is 1.96. The minimum absolute atomic E-state index is 0.112. The molecule has 2 aromatic heterocycles. The van der Waals surface area contributed by atoms with Gasteiger partial charge in [0.1, 0.15) is 0 Å². The summed E-state index contributed by atoms with van der Waals surface area (Å²) in [6.07, 6.45) is 0.741. The van der Waals surface area contributed by atoms with E-state index in [4.69, 9.17) is 0 Å². The van der Waals surface area contributed by atoms with Crippen LogP contribution in [-0.2, 0) is 12.6 Å². The van der Waals surface area contributed by atoms with Crippen molar-refractivity contribution in [2.75, 3.05) is 19.6 Å². The van der Waals surface area contributed by atoms with Crippen molar-refractivity contribution in [2.24, 2.45) is 0 Å². The molecule has 0 saturated heterocycles. The molecule has 0 radical (unpaired) electrons. The molecule has 0 aliphatic heterocycles. The lowest BCUT2D eigenvalue weighted by Crippen LogP contribution is -2.30. The molecule has 0 fully saturated rings. The third kappa shape index (κ3) is 6.14. The summed E-state index contributed by atoms with van der Waals surface area (Å²) >= 11 is 0. The molecule has 1 aromatic carbocycles. The lowest BCUT2D eigenvalue weighted by atomic mass is 9.92. The molecule has 0 aliphatic rings. The smallest absolute Gasteiger partial charge is 0.303 e. The molecule has 2 heterocycles. The predicted octanol–water partition coefficient (Wildman–Crippen LogP) is 6.22. The van der Waals surface area contributed by atoms with Crippen LogP contribution in [0.3, 0.4) is 0 Å². The van der Waals surface area contributed by atoms with Crippen LogP contribution in [0.25, 0.3) is 11.3 Å². The highest BCUT2D eigenvalue weighted by atomic mass is 19.4. The van der Waals surface area contributed by atoms with Crippen LogP contribution in [0.5, 0.6) is 0 Å². The molecule has 0 saturated carbocycles. The average Bonchev–Trinajstić information content (AvgIpc) is 2.78. The van der Waals surface area contributed by atoms with E-state index in [1.807, 2.05) is 30.3 Å². The summed E-state index contributed by atoms with van der Waals surface area (Å²) in [6, 6.07) is 15.1. The van der Waals surface area contributed by atoms with Crippen LogP contribution in [0, 0.1) is 0 Å². The van der Waals surface area contributed by atoms with Crippen LogP contribution < -0.4 is 0 Å². The topological polar surface area (TPSA) is 29.0 Å². The number of rotatable bonds is 9. The highest BCUT2D eigenvalue weighted by Crippen LogP contribution is 2.33. The summed E-state index contributed by atoms with van der Waals surface area (Å²) in [5.74, 6) is 0.112. The van der Waals surface area contributed by atoms with Gasteiger partial charge in [0.15, 0.2) is 0 Å². The first-order valence-corrected chi connectivity index (χ1v) is 10.7. The summed E-state index contributed by atoms with van der Waals surface area (Å²) in [6.45, 7) is 7.06. The first-order chi connectivity index (χ1) is 14.9. The molecule has 3 nitrogen and oxygen atoms in total. The number of hydrogen-bond donors (Lipinski definition) is 0. The Labute approximate surface area is 182 Å². The Hall–Kier alpha value is -2.73. The Kier molecular flexibility index (Phi) is 7.80. The summed E-state index contributed by atoms with van der Waals surface area (Å²) in [5.41, 5.74) is 2.31. The Bertz CT molecular complexity index is 957. The fraction of sp³-hybridized carbons (Fsp3) is 0.360. The van der Waals surface area contributed by atoms with Gasteiger partial charge in [-0.15, -0.1) is 0 Å². The van der Waals surface area contributed by atoms with Crippen molar-refractivity contribution in [3.8, 4) is 11.3 Å². The maximum atomic E-state index is 13.2. The first-order valence-electron chi connectivity index (χ1n) is 10.7. The van der Waals surface area contributed by atoms with Gasteiger partial charge in [-0.1, -0.05) is 38.1 Å². The van der Waals surface area contributed by atoms with Gasteiger partial charge in [0, 0.05) is 36.1 Å². The second-order valence-corrected chi connectivity index (χ2v) is 7.64. The Morgan fingerprint density at radius 1 is 0.935 bits per heavy atom. The molecule has 0 aliphatic carbocycles. The lowest BCUT2D eigenvalue weighted by molar-refractivity contribution is -0.137. The van der Waals surface area contributed by atoms with Gasteiger partial charge >= 0.3 is 6.18 Å². The van der Waals surface area contributed by atoms with Crippen molar-refractivity contribution in [3.05, 3.63) is 83.8 Å². The Morgan fingerprint density at radius 2 is 1.74 bits per heavy atom. The maximum absolute atomic E-state index is 13.2. The lowest BCUT2D eigenvalue weighted by Gasteiger charge is -2.26. The monoisotopic (exact) mass is 427 g/mol. The minimum Gasteiger partial charge on any atom is -0.303 e. The second kappa shape index (κ2) is 10.5. The minimum atomic E-state index is -4.39. The number of benzene rings is 1. The van der Waals surface area contributed by atoms with E-state index in [2.05, 4.69) is 28.7 Å². The number of pyridine rings is 2. The van der Waals surface area contributed by atoms with Crippen LogP contribution in [0.15, 0.2) is 67.0 Å². The molecule has 6 heteroatoms. The van der Waals surface area contributed by atoms with Crippen molar-refractivity contribution in [1.82, 2.24) is 14.9 Å². The third-order valence-electron chi connectivity index (χ3n) is 5.39. The van der Waals surface area contributed by atoms with Crippen LogP contribution in [0.1, 0.15) is 43.0 Å². The first kappa shape index (κ1) is 22.9. The normalized spacial score (nSPS) is 12.8. The number of halogens is 3. The molecule has 0 spiro atoms. The fourth-order valence-corrected chi connectivity index (χ4v) is 3.86. The summed E-state index contributed by atoms with van der Waals surface area (Å²) in [4.78, 5) is 11.4. The van der Waals surface area contributed by atoms with E-state index >= 15 is 0 Å². The van der Waals surface area contributed by atoms with Crippen LogP contribution in [-0.4, -0.2) is 34.5 Å². The molecular weight excluding hydrogens is 399 g/mol.